The van der Waals surface area contributed by atoms with Crippen LogP contribution in [-0.4, -0.2) is 35.3 Å². The molecule has 2 aromatic heterocycles. The molecule has 182 valence electrons. The molecule has 0 aliphatic heterocycles. The molecule has 0 bridgehead atoms. The Hall–Kier alpha value is -4.11. The highest BCUT2D eigenvalue weighted by molar-refractivity contribution is 5.74. The van der Waals surface area contributed by atoms with Gasteiger partial charge in [0.1, 0.15) is 36.4 Å². The monoisotopic (exact) mass is 480 g/mol. The second kappa shape index (κ2) is 10.9. The Labute approximate surface area is 201 Å². The molecule has 0 amide bonds. The third kappa shape index (κ3) is 5.70. The number of rotatable bonds is 11. The van der Waals surface area contributed by atoms with Crippen LogP contribution < -0.4 is 10.5 Å². The third-order valence-corrected chi connectivity index (χ3v) is 5.37. The van der Waals surface area contributed by atoms with Crippen molar-refractivity contribution in [3.8, 4) is 5.75 Å². The Morgan fingerprint density at radius 2 is 1.97 bits per heavy atom. The number of nitrogens with two attached hydrogens (primary N) is 1. The number of para-hydroxylation sites is 2. The van der Waals surface area contributed by atoms with Gasteiger partial charge in [0.2, 0.25) is 0 Å². The fourth-order valence-corrected chi connectivity index (χ4v) is 3.60. The third-order valence-electron chi connectivity index (χ3n) is 5.37. The number of aromatic amines is 2. The van der Waals surface area contributed by atoms with Crippen LogP contribution in [0.15, 0.2) is 61.0 Å². The van der Waals surface area contributed by atoms with Crippen molar-refractivity contribution in [2.24, 2.45) is 0 Å². The number of aromatic nitrogens is 3. The van der Waals surface area contributed by atoms with Gasteiger partial charge in [0.05, 0.1) is 17.6 Å². The minimum Gasteiger partial charge on any atom is -0.491 e. The number of H-pyrrole nitrogens is 2. The van der Waals surface area contributed by atoms with Crippen LogP contribution in [0.1, 0.15) is 22.5 Å². The summed E-state index contributed by atoms with van der Waals surface area (Å²) in [4.78, 5) is 10.4. The van der Waals surface area contributed by atoms with E-state index in [0.717, 1.165) is 23.2 Å². The maximum Gasteiger partial charge on any atom is 0.165 e. The molecule has 35 heavy (non-hydrogen) atoms. The Bertz CT molecular complexity index is 1330. The molecule has 0 fully saturated rings. The van der Waals surface area contributed by atoms with Crippen molar-refractivity contribution in [2.45, 2.75) is 13.0 Å². The molecular formula is C26H26F2N4O3. The number of halogens is 2. The number of hydrogen-bond acceptors (Lipinski definition) is 5. The van der Waals surface area contributed by atoms with Gasteiger partial charge in [-0.3, -0.25) is 0 Å². The van der Waals surface area contributed by atoms with Crippen LogP contribution in [-0.2, 0) is 22.5 Å². The number of anilines is 1. The van der Waals surface area contributed by atoms with E-state index in [9.17, 15) is 8.78 Å². The van der Waals surface area contributed by atoms with E-state index in [0.29, 0.717) is 41.7 Å². The molecular weight excluding hydrogens is 454 g/mol. The van der Waals surface area contributed by atoms with Crippen LogP contribution >= 0.6 is 0 Å². The van der Waals surface area contributed by atoms with Crippen molar-refractivity contribution >= 4 is 22.9 Å². The summed E-state index contributed by atoms with van der Waals surface area (Å²) in [6.07, 6.45) is 5.00. The van der Waals surface area contributed by atoms with E-state index in [1.807, 2.05) is 24.3 Å². The quantitative estimate of drug-likeness (QED) is 0.157. The highest BCUT2D eigenvalue weighted by Gasteiger charge is 2.16. The van der Waals surface area contributed by atoms with Crippen molar-refractivity contribution in [2.75, 3.05) is 26.1 Å². The van der Waals surface area contributed by atoms with E-state index in [2.05, 4.69) is 21.5 Å². The summed E-state index contributed by atoms with van der Waals surface area (Å²) in [6, 6.07) is 9.65. The summed E-state index contributed by atoms with van der Waals surface area (Å²) in [7, 11) is 1.58. The SMILES string of the molecule is C=C/C(=C\c1c(Cc2cc(F)c(OCc3nc4ccccc4[nH]3)cc2F)c[nH]c1N)OCCOC. The normalized spacial score (nSPS) is 11.7. The molecule has 0 spiro atoms. The lowest BCUT2D eigenvalue weighted by molar-refractivity contribution is 0.115. The predicted molar refractivity (Wildman–Crippen MR) is 131 cm³/mol. The largest absolute Gasteiger partial charge is 0.491 e. The maximum absolute atomic E-state index is 14.9. The highest BCUT2D eigenvalue weighted by atomic mass is 19.1. The second-order valence-electron chi connectivity index (χ2n) is 7.77. The lowest BCUT2D eigenvalue weighted by atomic mass is 10.0. The summed E-state index contributed by atoms with van der Waals surface area (Å²) in [5.41, 5.74) is 9.11. The van der Waals surface area contributed by atoms with E-state index in [1.54, 1.807) is 25.5 Å². The van der Waals surface area contributed by atoms with Crippen molar-refractivity contribution in [1.29, 1.82) is 0 Å². The zero-order valence-corrected chi connectivity index (χ0v) is 19.2. The molecule has 0 unspecified atom stereocenters. The van der Waals surface area contributed by atoms with E-state index in [1.165, 1.54) is 0 Å². The molecule has 4 aromatic rings. The Morgan fingerprint density at radius 1 is 1.14 bits per heavy atom. The minimum absolute atomic E-state index is 0.0267. The van der Waals surface area contributed by atoms with Crippen molar-refractivity contribution < 1.29 is 23.0 Å². The minimum atomic E-state index is -0.673. The Kier molecular flexibility index (Phi) is 7.47. The number of allylic oxidation sites excluding steroid dienone is 1. The number of nitrogens with zero attached hydrogens (tertiary/aromatic N) is 1. The zero-order valence-electron chi connectivity index (χ0n) is 19.2. The molecule has 4 N–H and O–H groups in total. The number of methoxy groups -OCH3 is 1. The second-order valence-corrected chi connectivity index (χ2v) is 7.77. The molecule has 0 atom stereocenters. The molecule has 0 radical (unpaired) electrons. The van der Waals surface area contributed by atoms with Crippen LogP contribution in [0, 0.1) is 11.6 Å². The smallest absolute Gasteiger partial charge is 0.165 e. The molecule has 9 heteroatoms. The lowest BCUT2D eigenvalue weighted by Gasteiger charge is -2.10. The van der Waals surface area contributed by atoms with E-state index >= 15 is 0 Å². The summed E-state index contributed by atoms with van der Waals surface area (Å²) in [5, 5.41) is 0. The van der Waals surface area contributed by atoms with Crippen LogP contribution in [0.25, 0.3) is 17.1 Å². The zero-order chi connectivity index (χ0) is 24.8. The number of ether oxygens (including phenoxy) is 3. The number of benzene rings is 2. The summed E-state index contributed by atoms with van der Waals surface area (Å²) < 4.78 is 45.7. The molecule has 0 saturated carbocycles. The van der Waals surface area contributed by atoms with Crippen molar-refractivity contribution in [3.63, 3.8) is 0 Å². The predicted octanol–water partition coefficient (Wildman–Crippen LogP) is 5.11. The maximum atomic E-state index is 14.9. The Balaban J connectivity index is 1.49. The van der Waals surface area contributed by atoms with Crippen LogP contribution in [0.5, 0.6) is 5.75 Å². The van der Waals surface area contributed by atoms with Crippen molar-refractivity contribution in [3.05, 3.63) is 95.2 Å². The summed E-state index contributed by atoms with van der Waals surface area (Å²) >= 11 is 0. The van der Waals surface area contributed by atoms with Gasteiger partial charge >= 0.3 is 0 Å². The molecule has 4 rings (SSSR count). The molecule has 0 aliphatic rings. The van der Waals surface area contributed by atoms with E-state index in [-0.39, 0.29) is 24.3 Å². The van der Waals surface area contributed by atoms with E-state index < -0.39 is 11.6 Å². The first kappa shape index (κ1) is 24.0. The first-order chi connectivity index (χ1) is 17.0. The van der Waals surface area contributed by atoms with Gasteiger partial charge in [0.15, 0.2) is 11.6 Å². The molecule has 0 aliphatic carbocycles. The van der Waals surface area contributed by atoms with Gasteiger partial charge in [-0.1, -0.05) is 18.7 Å². The average Bonchev–Trinajstić information content (AvgIpc) is 3.42. The number of nitrogen functional groups attached to an aromatic ring is 1. The molecule has 2 heterocycles. The van der Waals surface area contributed by atoms with Crippen LogP contribution in [0.2, 0.25) is 0 Å². The van der Waals surface area contributed by atoms with Gasteiger partial charge < -0.3 is 29.9 Å². The van der Waals surface area contributed by atoms with Gasteiger partial charge in [-0.15, -0.1) is 0 Å². The topological polar surface area (TPSA) is 98.2 Å². The standard InChI is InChI=1S/C26H26F2N4O3/c1-3-18(34-9-8-33-2)12-19-17(14-30-26(19)29)10-16-11-21(28)24(13-20(16)27)35-15-25-31-22-6-4-5-7-23(22)32-25/h3-7,11-14,30H,1,8-10,15,29H2,2H3,(H,31,32)/b18-12+. The highest BCUT2D eigenvalue weighted by Crippen LogP contribution is 2.28. The fourth-order valence-electron chi connectivity index (χ4n) is 3.60. The van der Waals surface area contributed by atoms with E-state index in [4.69, 9.17) is 19.9 Å². The van der Waals surface area contributed by atoms with Gasteiger partial charge in [-0.25, -0.2) is 13.8 Å². The molecule has 7 nitrogen and oxygen atoms in total. The fraction of sp³-hybridized carbons (Fsp3) is 0.192. The van der Waals surface area contributed by atoms with Gasteiger partial charge in [0, 0.05) is 31.4 Å². The van der Waals surface area contributed by atoms with Crippen molar-refractivity contribution in [1.82, 2.24) is 15.0 Å². The number of nitrogens with one attached hydrogen (secondary N) is 2. The first-order valence-electron chi connectivity index (χ1n) is 10.9. The summed E-state index contributed by atoms with van der Waals surface area (Å²) in [6.45, 7) is 4.46. The van der Waals surface area contributed by atoms with Crippen LogP contribution in [0.3, 0.4) is 0 Å². The number of imidazole rings is 1. The average molecular weight is 481 g/mol. The van der Waals surface area contributed by atoms with Gasteiger partial charge in [-0.2, -0.15) is 0 Å². The lowest BCUT2D eigenvalue weighted by Crippen LogP contribution is -2.03. The van der Waals surface area contributed by atoms with Crippen LogP contribution in [0.4, 0.5) is 14.6 Å². The number of hydrogen-bond donors (Lipinski definition) is 3. The summed E-state index contributed by atoms with van der Waals surface area (Å²) in [5.74, 6) is -0.0910. The first-order valence-corrected chi connectivity index (χ1v) is 10.9. The Morgan fingerprint density at radius 3 is 2.74 bits per heavy atom. The number of fused-ring (bicyclic) bond motifs is 1. The van der Waals surface area contributed by atoms with Gasteiger partial charge in [0.25, 0.3) is 0 Å². The van der Waals surface area contributed by atoms with Gasteiger partial charge in [-0.05, 0) is 41.5 Å². The molecule has 2 aromatic carbocycles. The molecule has 0 saturated heterocycles.